The number of para-hydroxylation sites is 1. The summed E-state index contributed by atoms with van der Waals surface area (Å²) in [6, 6.07) is 17.6. The summed E-state index contributed by atoms with van der Waals surface area (Å²) in [5.41, 5.74) is 4.18. The first-order chi connectivity index (χ1) is 15.4. The van der Waals surface area contributed by atoms with Crippen LogP contribution in [-0.2, 0) is 0 Å². The number of anilines is 1. The van der Waals surface area contributed by atoms with E-state index < -0.39 is 0 Å². The molecule has 0 saturated carbocycles. The molecule has 0 fully saturated rings. The molecular formula is C23H17Br2N3O2S2. The molecule has 0 atom stereocenters. The van der Waals surface area contributed by atoms with Gasteiger partial charge in [-0.05, 0) is 83.1 Å². The second-order valence-corrected chi connectivity index (χ2v) is 10.1. The van der Waals surface area contributed by atoms with Crippen molar-refractivity contribution >= 4 is 82.3 Å². The highest BCUT2D eigenvalue weighted by molar-refractivity contribution is 9.11. The Labute approximate surface area is 211 Å². The number of nitrogens with zero attached hydrogens (tertiary/aromatic N) is 1. The molecule has 1 amide bonds. The van der Waals surface area contributed by atoms with E-state index in [4.69, 9.17) is 21.9 Å². The molecule has 5 nitrogen and oxygen atoms in total. The van der Waals surface area contributed by atoms with Crippen molar-refractivity contribution < 1.29 is 9.53 Å². The Morgan fingerprint density at radius 1 is 1.12 bits per heavy atom. The zero-order valence-electron chi connectivity index (χ0n) is 17.0. The summed E-state index contributed by atoms with van der Waals surface area (Å²) in [7, 11) is 1.51. The fraction of sp³-hybridized carbons (Fsp3) is 0.0870. The van der Waals surface area contributed by atoms with Crippen molar-refractivity contribution in [3.63, 3.8) is 0 Å². The van der Waals surface area contributed by atoms with Crippen LogP contribution in [0.15, 0.2) is 63.5 Å². The van der Waals surface area contributed by atoms with E-state index in [-0.39, 0.29) is 11.0 Å². The Kier molecular flexibility index (Phi) is 6.90. The van der Waals surface area contributed by atoms with Gasteiger partial charge in [0, 0.05) is 15.7 Å². The lowest BCUT2D eigenvalue weighted by molar-refractivity contribution is 0.0974. The van der Waals surface area contributed by atoms with Crippen LogP contribution in [0, 0.1) is 6.92 Å². The Morgan fingerprint density at radius 3 is 2.62 bits per heavy atom. The van der Waals surface area contributed by atoms with Crippen molar-refractivity contribution in [1.29, 1.82) is 0 Å². The number of ether oxygens (including phenoxy) is 1. The summed E-state index contributed by atoms with van der Waals surface area (Å²) in [5.74, 6) is 0.0648. The number of carbonyl (C=O) groups is 1. The average molecular weight is 591 g/mol. The minimum atomic E-state index is -0.370. The average Bonchev–Trinajstić information content (AvgIpc) is 3.19. The summed E-state index contributed by atoms with van der Waals surface area (Å²) in [5, 5.41) is 6.98. The maximum Gasteiger partial charge on any atom is 0.261 e. The number of amides is 1. The maximum atomic E-state index is 12.8. The molecule has 0 bridgehead atoms. The van der Waals surface area contributed by atoms with Gasteiger partial charge in [-0.15, -0.1) is 11.3 Å². The van der Waals surface area contributed by atoms with Gasteiger partial charge in [0.2, 0.25) is 0 Å². The van der Waals surface area contributed by atoms with Gasteiger partial charge in [0.15, 0.2) is 5.11 Å². The number of aromatic nitrogens is 1. The molecule has 162 valence electrons. The topological polar surface area (TPSA) is 63.2 Å². The normalized spacial score (nSPS) is 10.8. The molecule has 0 radical (unpaired) electrons. The van der Waals surface area contributed by atoms with Gasteiger partial charge in [-0.1, -0.05) is 28.1 Å². The van der Waals surface area contributed by atoms with Crippen LogP contribution in [0.25, 0.3) is 20.8 Å². The first kappa shape index (κ1) is 22.8. The van der Waals surface area contributed by atoms with Crippen LogP contribution in [0.2, 0.25) is 0 Å². The highest BCUT2D eigenvalue weighted by Crippen LogP contribution is 2.33. The summed E-state index contributed by atoms with van der Waals surface area (Å²) >= 11 is 13.8. The number of nitrogens with one attached hydrogen (secondary N) is 2. The highest BCUT2D eigenvalue weighted by atomic mass is 79.9. The molecule has 3 aromatic carbocycles. The Balaban J connectivity index is 1.50. The van der Waals surface area contributed by atoms with Gasteiger partial charge < -0.3 is 10.1 Å². The first-order valence-corrected chi connectivity index (χ1v) is 12.3. The van der Waals surface area contributed by atoms with Crippen LogP contribution in [-0.4, -0.2) is 23.1 Å². The van der Waals surface area contributed by atoms with Gasteiger partial charge in [-0.2, -0.15) is 0 Å². The number of thiocarbonyl (C=S) groups is 1. The van der Waals surface area contributed by atoms with Crippen molar-refractivity contribution in [3.8, 4) is 16.3 Å². The standard InChI is InChI=1S/C23H17Br2N3O2S2/c1-12-9-13(22-26-18-5-3-4-6-19(18)32-22)7-8-17(12)27-23(31)28-21(29)15-10-14(24)11-16(25)20(15)30-2/h3-11H,1-2H3,(H2,27,28,29,31). The van der Waals surface area contributed by atoms with E-state index in [1.807, 2.05) is 43.3 Å². The van der Waals surface area contributed by atoms with Crippen molar-refractivity contribution in [2.75, 3.05) is 12.4 Å². The smallest absolute Gasteiger partial charge is 0.261 e. The molecule has 9 heteroatoms. The largest absolute Gasteiger partial charge is 0.495 e. The minimum Gasteiger partial charge on any atom is -0.495 e. The molecule has 0 aliphatic carbocycles. The lowest BCUT2D eigenvalue weighted by Gasteiger charge is -2.14. The number of halogens is 2. The number of thiazole rings is 1. The van der Waals surface area contributed by atoms with Gasteiger partial charge in [-0.25, -0.2) is 4.98 Å². The molecule has 0 spiro atoms. The number of hydrogen-bond donors (Lipinski definition) is 2. The summed E-state index contributed by atoms with van der Waals surface area (Å²) in [6.45, 7) is 1.98. The fourth-order valence-corrected chi connectivity index (χ4v) is 5.74. The van der Waals surface area contributed by atoms with Gasteiger partial charge in [0.25, 0.3) is 5.91 Å². The van der Waals surface area contributed by atoms with Crippen molar-refractivity contribution in [1.82, 2.24) is 10.3 Å². The minimum absolute atomic E-state index is 0.198. The summed E-state index contributed by atoms with van der Waals surface area (Å²) < 4.78 is 7.92. The molecule has 0 aliphatic rings. The molecule has 0 aliphatic heterocycles. The predicted octanol–water partition coefficient (Wildman–Crippen LogP) is 6.93. The fourth-order valence-electron chi connectivity index (χ4n) is 3.19. The molecule has 1 aromatic heterocycles. The van der Waals surface area contributed by atoms with Gasteiger partial charge in [0.1, 0.15) is 10.8 Å². The van der Waals surface area contributed by atoms with Crippen LogP contribution in [0.5, 0.6) is 5.75 Å². The lowest BCUT2D eigenvalue weighted by atomic mass is 10.1. The number of methoxy groups -OCH3 is 1. The number of hydrogen-bond acceptors (Lipinski definition) is 5. The third-order valence-corrected chi connectivity index (χ3v) is 7.04. The van der Waals surface area contributed by atoms with Gasteiger partial charge in [0.05, 0.1) is 27.4 Å². The number of fused-ring (bicyclic) bond motifs is 1. The van der Waals surface area contributed by atoms with Crippen LogP contribution in [0.4, 0.5) is 5.69 Å². The molecule has 1 heterocycles. The zero-order chi connectivity index (χ0) is 22.8. The third kappa shape index (κ3) is 4.85. The summed E-state index contributed by atoms with van der Waals surface area (Å²) in [4.78, 5) is 17.5. The van der Waals surface area contributed by atoms with E-state index >= 15 is 0 Å². The van der Waals surface area contributed by atoms with Crippen molar-refractivity contribution in [3.05, 3.63) is 74.7 Å². The number of benzene rings is 3. The second kappa shape index (κ2) is 9.66. The van der Waals surface area contributed by atoms with E-state index in [9.17, 15) is 4.79 Å². The molecule has 0 saturated heterocycles. The van der Waals surface area contributed by atoms with E-state index in [2.05, 4.69) is 54.6 Å². The Bertz CT molecular complexity index is 1320. The zero-order valence-corrected chi connectivity index (χ0v) is 21.8. The lowest BCUT2D eigenvalue weighted by Crippen LogP contribution is -2.34. The number of aryl methyl sites for hydroxylation is 1. The summed E-state index contributed by atoms with van der Waals surface area (Å²) in [6.07, 6.45) is 0. The molecular weight excluding hydrogens is 574 g/mol. The molecule has 4 aromatic rings. The van der Waals surface area contributed by atoms with Crippen molar-refractivity contribution in [2.24, 2.45) is 0 Å². The van der Waals surface area contributed by atoms with Crippen LogP contribution < -0.4 is 15.4 Å². The SMILES string of the molecule is COc1c(Br)cc(Br)cc1C(=O)NC(=S)Nc1ccc(-c2nc3ccccc3s2)cc1C. The molecule has 0 unspecified atom stereocenters. The first-order valence-electron chi connectivity index (χ1n) is 9.47. The number of rotatable bonds is 4. The van der Waals surface area contributed by atoms with Crippen molar-refractivity contribution in [2.45, 2.75) is 6.92 Å². The maximum absolute atomic E-state index is 12.8. The molecule has 2 N–H and O–H groups in total. The second-order valence-electron chi connectivity index (χ2n) is 6.89. The Morgan fingerprint density at radius 2 is 1.91 bits per heavy atom. The van der Waals surface area contributed by atoms with Crippen LogP contribution >= 0.6 is 55.4 Å². The van der Waals surface area contributed by atoms with E-state index in [0.717, 1.165) is 36.5 Å². The molecule has 4 rings (SSSR count). The van der Waals surface area contributed by atoms with Gasteiger partial charge in [-0.3, -0.25) is 10.1 Å². The van der Waals surface area contributed by atoms with Gasteiger partial charge >= 0.3 is 0 Å². The highest BCUT2D eigenvalue weighted by Gasteiger charge is 2.18. The van der Waals surface area contributed by atoms with E-state index in [1.54, 1.807) is 17.4 Å². The molecule has 32 heavy (non-hydrogen) atoms. The predicted molar refractivity (Wildman–Crippen MR) is 142 cm³/mol. The third-order valence-electron chi connectivity index (χ3n) is 4.70. The van der Waals surface area contributed by atoms with Crippen LogP contribution in [0.1, 0.15) is 15.9 Å². The van der Waals surface area contributed by atoms with E-state index in [0.29, 0.717) is 15.8 Å². The van der Waals surface area contributed by atoms with E-state index in [1.165, 1.54) is 7.11 Å². The van der Waals surface area contributed by atoms with Crippen LogP contribution in [0.3, 0.4) is 0 Å². The Hall–Kier alpha value is -2.33. The number of carbonyl (C=O) groups excluding carboxylic acids is 1. The quantitative estimate of drug-likeness (QED) is 0.252. The monoisotopic (exact) mass is 589 g/mol.